The number of aromatic amines is 2. The third kappa shape index (κ3) is 3.26. The first kappa shape index (κ1) is 17.5. The highest BCUT2D eigenvalue weighted by molar-refractivity contribution is 8.00. The van der Waals surface area contributed by atoms with Crippen LogP contribution in [0.2, 0.25) is 0 Å². The van der Waals surface area contributed by atoms with Gasteiger partial charge in [0.05, 0.1) is 10.8 Å². The third-order valence-electron chi connectivity index (χ3n) is 4.39. The van der Waals surface area contributed by atoms with Crippen LogP contribution in [0.5, 0.6) is 0 Å². The second kappa shape index (κ2) is 7.00. The van der Waals surface area contributed by atoms with E-state index in [0.29, 0.717) is 22.1 Å². The van der Waals surface area contributed by atoms with E-state index in [0.717, 1.165) is 16.6 Å². The number of thioether (sulfide) groups is 1. The molecule has 4 aromatic rings. The molecule has 2 N–H and O–H groups in total. The van der Waals surface area contributed by atoms with Gasteiger partial charge in [0.25, 0.3) is 0 Å². The molecule has 5 nitrogen and oxygen atoms in total. The number of para-hydroxylation sites is 1. The Balaban J connectivity index is 1.57. The van der Waals surface area contributed by atoms with E-state index in [1.165, 1.54) is 17.8 Å². The van der Waals surface area contributed by atoms with Gasteiger partial charge < -0.3 is 4.98 Å². The number of H-pyrrole nitrogens is 2. The molecule has 1 atom stereocenters. The first-order chi connectivity index (χ1) is 13.0. The second-order valence-electron chi connectivity index (χ2n) is 6.24. The quantitative estimate of drug-likeness (QED) is 0.386. The number of aryl methyl sites for hydroxylation is 1. The van der Waals surface area contributed by atoms with Gasteiger partial charge in [-0.3, -0.25) is 9.89 Å². The topological polar surface area (TPSA) is 74.4 Å². The largest absolute Gasteiger partial charge is 0.358 e. The minimum Gasteiger partial charge on any atom is -0.358 e. The van der Waals surface area contributed by atoms with E-state index >= 15 is 0 Å². The lowest BCUT2D eigenvalue weighted by Gasteiger charge is -2.08. The van der Waals surface area contributed by atoms with Gasteiger partial charge in [-0.15, -0.1) is 5.10 Å². The molecule has 2 heterocycles. The van der Waals surface area contributed by atoms with Crippen molar-refractivity contribution in [3.63, 3.8) is 0 Å². The lowest BCUT2D eigenvalue weighted by Crippen LogP contribution is -2.14. The van der Waals surface area contributed by atoms with Crippen LogP contribution in [-0.4, -0.2) is 31.2 Å². The summed E-state index contributed by atoms with van der Waals surface area (Å²) in [6.45, 7) is 3.72. The third-order valence-corrected chi connectivity index (χ3v) is 5.35. The SMILES string of the molecule is Cc1[nH]c2ccccc2c1C(=O)[C@H](C)Sc1n[nH]c(-c2ccccc2F)n1. The number of halogens is 1. The number of hydrogen-bond donors (Lipinski definition) is 2. The highest BCUT2D eigenvalue weighted by atomic mass is 32.2. The Labute approximate surface area is 159 Å². The number of benzene rings is 2. The Morgan fingerprint density at radius 2 is 1.89 bits per heavy atom. The van der Waals surface area contributed by atoms with E-state index in [9.17, 15) is 9.18 Å². The number of carbonyl (C=O) groups is 1. The Morgan fingerprint density at radius 3 is 2.70 bits per heavy atom. The number of nitrogens with one attached hydrogen (secondary N) is 2. The summed E-state index contributed by atoms with van der Waals surface area (Å²) in [7, 11) is 0. The fraction of sp³-hybridized carbons (Fsp3) is 0.150. The molecule has 2 aromatic carbocycles. The molecule has 7 heteroatoms. The van der Waals surface area contributed by atoms with Gasteiger partial charge in [0.1, 0.15) is 5.82 Å². The molecule has 0 unspecified atom stereocenters. The minimum absolute atomic E-state index is 0.00666. The normalized spacial score (nSPS) is 12.4. The van der Waals surface area contributed by atoms with Crippen molar-refractivity contribution in [1.29, 1.82) is 0 Å². The first-order valence-corrected chi connectivity index (χ1v) is 9.38. The van der Waals surface area contributed by atoms with Crippen LogP contribution in [0.3, 0.4) is 0 Å². The summed E-state index contributed by atoms with van der Waals surface area (Å²) < 4.78 is 13.9. The molecule has 0 saturated heterocycles. The van der Waals surface area contributed by atoms with E-state index in [4.69, 9.17) is 0 Å². The van der Waals surface area contributed by atoms with Crippen molar-refractivity contribution in [2.24, 2.45) is 0 Å². The molecule has 0 spiro atoms. The summed E-state index contributed by atoms with van der Waals surface area (Å²) in [6, 6.07) is 14.1. The number of rotatable bonds is 5. The summed E-state index contributed by atoms with van der Waals surface area (Å²) in [6.07, 6.45) is 0. The molecule has 0 aliphatic rings. The number of fused-ring (bicyclic) bond motifs is 1. The molecule has 2 aromatic heterocycles. The molecule has 0 aliphatic heterocycles. The highest BCUT2D eigenvalue weighted by Gasteiger charge is 2.24. The van der Waals surface area contributed by atoms with Crippen LogP contribution in [0.4, 0.5) is 4.39 Å². The van der Waals surface area contributed by atoms with Gasteiger partial charge in [0.2, 0.25) is 5.16 Å². The fourth-order valence-corrected chi connectivity index (χ4v) is 3.87. The van der Waals surface area contributed by atoms with Crippen LogP contribution in [-0.2, 0) is 0 Å². The maximum Gasteiger partial charge on any atom is 0.209 e. The second-order valence-corrected chi connectivity index (χ2v) is 7.55. The predicted molar refractivity (Wildman–Crippen MR) is 104 cm³/mol. The molecule has 0 aliphatic carbocycles. The zero-order valence-electron chi connectivity index (χ0n) is 14.8. The van der Waals surface area contributed by atoms with Crippen molar-refractivity contribution in [3.8, 4) is 11.4 Å². The molecule has 0 radical (unpaired) electrons. The summed E-state index contributed by atoms with van der Waals surface area (Å²) in [5.74, 6) is -0.0190. The zero-order chi connectivity index (χ0) is 19.0. The number of carbonyl (C=O) groups excluding carboxylic acids is 1. The van der Waals surface area contributed by atoms with Gasteiger partial charge in [0.15, 0.2) is 11.6 Å². The van der Waals surface area contributed by atoms with Gasteiger partial charge in [-0.2, -0.15) is 0 Å². The first-order valence-electron chi connectivity index (χ1n) is 8.50. The fourth-order valence-electron chi connectivity index (χ4n) is 3.08. The van der Waals surface area contributed by atoms with Crippen molar-refractivity contribution in [2.75, 3.05) is 0 Å². The van der Waals surface area contributed by atoms with Gasteiger partial charge in [-0.25, -0.2) is 9.37 Å². The number of Topliss-reactive ketones (excluding diaryl/α,β-unsaturated/α-hetero) is 1. The van der Waals surface area contributed by atoms with Crippen LogP contribution >= 0.6 is 11.8 Å². The maximum absolute atomic E-state index is 13.9. The lowest BCUT2D eigenvalue weighted by molar-refractivity contribution is 0.0995. The van der Waals surface area contributed by atoms with Crippen LogP contribution < -0.4 is 0 Å². The Bertz CT molecular complexity index is 1130. The van der Waals surface area contributed by atoms with Crippen LogP contribution in [0.25, 0.3) is 22.3 Å². The maximum atomic E-state index is 13.9. The Morgan fingerprint density at radius 1 is 1.15 bits per heavy atom. The van der Waals surface area contributed by atoms with Gasteiger partial charge in [0, 0.05) is 22.2 Å². The summed E-state index contributed by atoms with van der Waals surface area (Å²) in [5.41, 5.74) is 2.82. The van der Waals surface area contributed by atoms with Gasteiger partial charge in [-0.1, -0.05) is 42.1 Å². The zero-order valence-corrected chi connectivity index (χ0v) is 15.6. The van der Waals surface area contributed by atoms with Crippen LogP contribution in [0.15, 0.2) is 53.7 Å². The monoisotopic (exact) mass is 380 g/mol. The predicted octanol–water partition coefficient (Wildman–Crippen LogP) is 4.76. The van der Waals surface area contributed by atoms with Crippen molar-refractivity contribution >= 4 is 28.4 Å². The molecular formula is C20H17FN4OS. The Kier molecular flexibility index (Phi) is 4.53. The Hall–Kier alpha value is -2.93. The smallest absolute Gasteiger partial charge is 0.209 e. The summed E-state index contributed by atoms with van der Waals surface area (Å²) >= 11 is 1.25. The minimum atomic E-state index is -0.382. The molecule has 0 fully saturated rings. The average Bonchev–Trinajstić information content (AvgIpc) is 3.25. The molecule has 0 amide bonds. The number of aromatic nitrogens is 4. The summed E-state index contributed by atoms with van der Waals surface area (Å²) in [5, 5.41) is 7.80. The van der Waals surface area contributed by atoms with Crippen LogP contribution in [0.1, 0.15) is 23.0 Å². The van der Waals surface area contributed by atoms with E-state index in [2.05, 4.69) is 20.2 Å². The highest BCUT2D eigenvalue weighted by Crippen LogP contribution is 2.29. The summed E-state index contributed by atoms with van der Waals surface area (Å²) in [4.78, 5) is 20.6. The van der Waals surface area contributed by atoms with E-state index < -0.39 is 0 Å². The van der Waals surface area contributed by atoms with Gasteiger partial charge in [-0.05, 0) is 32.0 Å². The number of ketones is 1. The molecular weight excluding hydrogens is 363 g/mol. The standard InChI is InChI=1S/C20H17FN4OS/c1-11-17(14-8-4-6-10-16(14)22-11)18(26)12(2)27-20-23-19(24-25-20)13-7-3-5-9-15(13)21/h3-10,12,22H,1-2H3,(H,23,24,25)/t12-/m0/s1. The van der Waals surface area contributed by atoms with Crippen LogP contribution in [0, 0.1) is 12.7 Å². The van der Waals surface area contributed by atoms with E-state index in [1.807, 2.05) is 38.1 Å². The molecule has 136 valence electrons. The molecule has 0 bridgehead atoms. The molecule has 27 heavy (non-hydrogen) atoms. The van der Waals surface area contributed by atoms with E-state index in [-0.39, 0.29) is 16.9 Å². The van der Waals surface area contributed by atoms with Crippen molar-refractivity contribution in [2.45, 2.75) is 24.3 Å². The van der Waals surface area contributed by atoms with Crippen molar-refractivity contribution in [3.05, 3.63) is 65.6 Å². The van der Waals surface area contributed by atoms with Crippen molar-refractivity contribution in [1.82, 2.24) is 20.2 Å². The lowest BCUT2D eigenvalue weighted by atomic mass is 10.1. The molecule has 4 rings (SSSR count). The van der Waals surface area contributed by atoms with Crippen molar-refractivity contribution < 1.29 is 9.18 Å². The van der Waals surface area contributed by atoms with E-state index in [1.54, 1.807) is 18.2 Å². The number of hydrogen-bond acceptors (Lipinski definition) is 4. The van der Waals surface area contributed by atoms with Gasteiger partial charge >= 0.3 is 0 Å². The molecule has 0 saturated carbocycles. The average molecular weight is 380 g/mol. The number of nitrogens with zero attached hydrogens (tertiary/aromatic N) is 2.